The molecule has 0 aromatic heterocycles. The Morgan fingerprint density at radius 2 is 2.26 bits per heavy atom. The van der Waals surface area contributed by atoms with E-state index >= 15 is 0 Å². The lowest BCUT2D eigenvalue weighted by Gasteiger charge is -2.23. The molecule has 0 aliphatic carbocycles. The summed E-state index contributed by atoms with van der Waals surface area (Å²) in [5, 5.41) is 0. The van der Waals surface area contributed by atoms with E-state index < -0.39 is 10.0 Å². The molecule has 7 nitrogen and oxygen atoms in total. The SMILES string of the molecule is CCOCCS(=O)(=O)NCC(=O)N1CCCC1CN. The van der Waals surface area contributed by atoms with Crippen LogP contribution in [0.5, 0.6) is 0 Å². The van der Waals surface area contributed by atoms with E-state index in [9.17, 15) is 13.2 Å². The van der Waals surface area contributed by atoms with Crippen molar-refractivity contribution in [1.29, 1.82) is 0 Å². The highest BCUT2D eigenvalue weighted by atomic mass is 32.2. The molecule has 1 aliphatic heterocycles. The predicted molar refractivity (Wildman–Crippen MR) is 72.1 cm³/mol. The molecule has 3 N–H and O–H groups in total. The minimum absolute atomic E-state index is 0.0421. The van der Waals surface area contributed by atoms with E-state index in [0.717, 1.165) is 12.8 Å². The molecule has 0 bridgehead atoms. The van der Waals surface area contributed by atoms with Crippen LogP contribution in [0.4, 0.5) is 0 Å². The molecule has 0 saturated carbocycles. The van der Waals surface area contributed by atoms with E-state index in [4.69, 9.17) is 10.5 Å². The van der Waals surface area contributed by atoms with E-state index in [-0.39, 0.29) is 30.9 Å². The van der Waals surface area contributed by atoms with Crippen LogP contribution in [0.3, 0.4) is 0 Å². The van der Waals surface area contributed by atoms with Crippen molar-refractivity contribution in [3.8, 4) is 0 Å². The zero-order valence-electron chi connectivity index (χ0n) is 11.3. The Morgan fingerprint density at radius 1 is 1.53 bits per heavy atom. The van der Waals surface area contributed by atoms with Crippen LogP contribution in [-0.4, -0.2) is 63.9 Å². The second kappa shape index (κ2) is 7.78. The third-order valence-electron chi connectivity index (χ3n) is 3.11. The molecule has 1 unspecified atom stereocenters. The molecule has 8 heteroatoms. The first kappa shape index (κ1) is 16.4. The van der Waals surface area contributed by atoms with Gasteiger partial charge in [-0.3, -0.25) is 4.79 Å². The van der Waals surface area contributed by atoms with Crippen molar-refractivity contribution in [2.24, 2.45) is 5.73 Å². The summed E-state index contributed by atoms with van der Waals surface area (Å²) in [6, 6.07) is 0.0421. The molecule has 1 rings (SSSR count). The van der Waals surface area contributed by atoms with Crippen LogP contribution in [-0.2, 0) is 19.6 Å². The number of sulfonamides is 1. The van der Waals surface area contributed by atoms with Crippen molar-refractivity contribution < 1.29 is 17.9 Å². The fraction of sp³-hybridized carbons (Fsp3) is 0.909. The first-order chi connectivity index (χ1) is 9.00. The normalized spacial score (nSPS) is 19.9. The Hall–Kier alpha value is -0.700. The van der Waals surface area contributed by atoms with Crippen molar-refractivity contribution >= 4 is 15.9 Å². The largest absolute Gasteiger partial charge is 0.381 e. The zero-order valence-corrected chi connectivity index (χ0v) is 12.1. The van der Waals surface area contributed by atoms with Crippen molar-refractivity contribution in [2.45, 2.75) is 25.8 Å². The number of ether oxygens (including phenoxy) is 1. The molecule has 1 amide bonds. The Kier molecular flexibility index (Phi) is 6.70. The smallest absolute Gasteiger partial charge is 0.237 e. The standard InChI is InChI=1S/C11H23N3O4S/c1-2-18-6-7-19(16,17)13-9-11(15)14-5-3-4-10(14)8-12/h10,13H,2-9,12H2,1H3. The van der Waals surface area contributed by atoms with Crippen molar-refractivity contribution in [3.63, 3.8) is 0 Å². The lowest BCUT2D eigenvalue weighted by molar-refractivity contribution is -0.130. The van der Waals surface area contributed by atoms with Gasteiger partial charge in [0.05, 0.1) is 18.9 Å². The molecule has 0 aromatic carbocycles. The molecule has 1 atom stereocenters. The number of nitrogens with two attached hydrogens (primary N) is 1. The van der Waals surface area contributed by atoms with Crippen molar-refractivity contribution in [1.82, 2.24) is 9.62 Å². The van der Waals surface area contributed by atoms with Crippen LogP contribution in [0.1, 0.15) is 19.8 Å². The van der Waals surface area contributed by atoms with Gasteiger partial charge >= 0.3 is 0 Å². The first-order valence-corrected chi connectivity index (χ1v) is 8.20. The molecule has 0 spiro atoms. The third kappa shape index (κ3) is 5.43. The number of likely N-dealkylation sites (tertiary alicyclic amines) is 1. The second-order valence-electron chi connectivity index (χ2n) is 4.46. The number of amides is 1. The number of hydrogen-bond donors (Lipinski definition) is 2. The lowest BCUT2D eigenvalue weighted by Crippen LogP contribution is -2.45. The number of carbonyl (C=O) groups excluding carboxylic acids is 1. The van der Waals surface area contributed by atoms with Gasteiger partial charge in [-0.2, -0.15) is 0 Å². The Labute approximate surface area is 114 Å². The monoisotopic (exact) mass is 293 g/mol. The highest BCUT2D eigenvalue weighted by Gasteiger charge is 2.27. The summed E-state index contributed by atoms with van der Waals surface area (Å²) in [7, 11) is -3.46. The van der Waals surface area contributed by atoms with E-state index in [0.29, 0.717) is 19.7 Å². The average Bonchev–Trinajstić information content (AvgIpc) is 2.84. The van der Waals surface area contributed by atoms with E-state index in [2.05, 4.69) is 4.72 Å². The van der Waals surface area contributed by atoms with E-state index in [1.54, 1.807) is 11.8 Å². The molecular weight excluding hydrogens is 270 g/mol. The molecule has 0 aromatic rings. The maximum atomic E-state index is 11.9. The summed E-state index contributed by atoms with van der Waals surface area (Å²) in [5.74, 6) is -0.345. The molecule has 1 saturated heterocycles. The van der Waals surface area contributed by atoms with Crippen LogP contribution in [0.2, 0.25) is 0 Å². The van der Waals surface area contributed by atoms with Crippen LogP contribution in [0, 0.1) is 0 Å². The summed E-state index contributed by atoms with van der Waals surface area (Å²) < 4.78 is 30.5. The molecule has 0 radical (unpaired) electrons. The summed E-state index contributed by atoms with van der Waals surface area (Å²) in [6.07, 6.45) is 1.81. The van der Waals surface area contributed by atoms with E-state index in [1.165, 1.54) is 0 Å². The number of nitrogens with zero attached hydrogens (tertiary/aromatic N) is 1. The molecular formula is C11H23N3O4S. The summed E-state index contributed by atoms with van der Waals surface area (Å²) >= 11 is 0. The number of nitrogens with one attached hydrogen (secondary N) is 1. The van der Waals surface area contributed by atoms with Gasteiger partial charge in [0.1, 0.15) is 0 Å². The van der Waals surface area contributed by atoms with Crippen LogP contribution in [0.15, 0.2) is 0 Å². The van der Waals surface area contributed by atoms with Crippen LogP contribution < -0.4 is 10.5 Å². The van der Waals surface area contributed by atoms with Gasteiger partial charge in [-0.1, -0.05) is 0 Å². The van der Waals surface area contributed by atoms with Crippen LogP contribution >= 0.6 is 0 Å². The highest BCUT2D eigenvalue weighted by molar-refractivity contribution is 7.89. The molecule has 19 heavy (non-hydrogen) atoms. The van der Waals surface area contributed by atoms with Gasteiger partial charge in [0.15, 0.2) is 0 Å². The highest BCUT2D eigenvalue weighted by Crippen LogP contribution is 2.15. The fourth-order valence-corrected chi connectivity index (χ4v) is 2.89. The minimum atomic E-state index is -3.46. The van der Waals surface area contributed by atoms with Gasteiger partial charge in [0.2, 0.25) is 15.9 Å². The Morgan fingerprint density at radius 3 is 2.89 bits per heavy atom. The van der Waals surface area contributed by atoms with Crippen molar-refractivity contribution in [2.75, 3.05) is 38.6 Å². The lowest BCUT2D eigenvalue weighted by atomic mass is 10.2. The molecule has 1 aliphatic rings. The van der Waals surface area contributed by atoms with Crippen molar-refractivity contribution in [3.05, 3.63) is 0 Å². The molecule has 112 valence electrons. The topological polar surface area (TPSA) is 102 Å². The third-order valence-corrected chi connectivity index (χ3v) is 4.40. The van der Waals surface area contributed by atoms with Gasteiger partial charge in [0.25, 0.3) is 0 Å². The number of rotatable bonds is 8. The fourth-order valence-electron chi connectivity index (χ4n) is 2.07. The van der Waals surface area contributed by atoms with Crippen LogP contribution in [0.25, 0.3) is 0 Å². The second-order valence-corrected chi connectivity index (χ2v) is 6.38. The number of hydrogen-bond acceptors (Lipinski definition) is 5. The van der Waals surface area contributed by atoms with Gasteiger partial charge in [-0.05, 0) is 19.8 Å². The van der Waals surface area contributed by atoms with Gasteiger partial charge in [-0.15, -0.1) is 0 Å². The van der Waals surface area contributed by atoms with E-state index in [1.807, 2.05) is 0 Å². The quantitative estimate of drug-likeness (QED) is 0.553. The molecule has 1 heterocycles. The van der Waals surface area contributed by atoms with Gasteiger partial charge < -0.3 is 15.4 Å². The average molecular weight is 293 g/mol. The summed E-state index contributed by atoms with van der Waals surface area (Å²) in [5.41, 5.74) is 5.58. The molecule has 1 fully saturated rings. The minimum Gasteiger partial charge on any atom is -0.381 e. The number of carbonyl (C=O) groups is 1. The zero-order chi connectivity index (χ0) is 14.3. The predicted octanol–water partition coefficient (Wildman–Crippen LogP) is -1.11. The Balaban J connectivity index is 2.37. The Bertz CT molecular complexity index is 385. The summed E-state index contributed by atoms with van der Waals surface area (Å²) in [4.78, 5) is 13.6. The maximum absolute atomic E-state index is 11.9. The summed E-state index contributed by atoms with van der Waals surface area (Å²) in [6.45, 7) is 3.27. The van der Waals surface area contributed by atoms with Gasteiger partial charge in [-0.25, -0.2) is 13.1 Å². The first-order valence-electron chi connectivity index (χ1n) is 6.54. The maximum Gasteiger partial charge on any atom is 0.237 e. The van der Waals surface area contributed by atoms with Gasteiger partial charge in [0, 0.05) is 25.7 Å².